The van der Waals surface area contributed by atoms with Gasteiger partial charge < -0.3 is 10.5 Å². The molecule has 0 radical (unpaired) electrons. The largest absolute Gasteiger partial charge is 0.462 e. The Bertz CT molecular complexity index is 628. The molecule has 2 amide bonds. The maximum atomic E-state index is 12.2. The zero-order valence-corrected chi connectivity index (χ0v) is 13.8. The minimum atomic E-state index is -0.430. The van der Waals surface area contributed by atoms with Gasteiger partial charge in [0.05, 0.1) is 17.7 Å². The van der Waals surface area contributed by atoms with Gasteiger partial charge in [-0.25, -0.2) is 4.79 Å². The second-order valence-electron chi connectivity index (χ2n) is 5.78. The van der Waals surface area contributed by atoms with Crippen molar-refractivity contribution in [3.63, 3.8) is 0 Å². The first-order chi connectivity index (χ1) is 11.5. The average molecular weight is 330 g/mol. The Kier molecular flexibility index (Phi) is 6.12. The Balaban J connectivity index is 1.64. The molecule has 0 atom stereocenters. The molecule has 128 valence electrons. The monoisotopic (exact) mass is 330 g/mol. The molecule has 0 saturated carbocycles. The molecule has 0 aliphatic carbocycles. The van der Waals surface area contributed by atoms with E-state index in [9.17, 15) is 14.4 Å². The quantitative estimate of drug-likeness (QED) is 0.342. The number of carbonyl (C=O) groups excluding carboxylic acids is 3. The van der Waals surface area contributed by atoms with Crippen molar-refractivity contribution >= 4 is 17.8 Å². The van der Waals surface area contributed by atoms with E-state index in [2.05, 4.69) is 0 Å². The van der Waals surface area contributed by atoms with E-state index in [1.165, 1.54) is 11.0 Å². The lowest BCUT2D eigenvalue weighted by Gasteiger charge is -2.13. The van der Waals surface area contributed by atoms with E-state index in [4.69, 9.17) is 10.5 Å². The van der Waals surface area contributed by atoms with Crippen LogP contribution in [0.3, 0.4) is 0 Å². The van der Waals surface area contributed by atoms with Crippen LogP contribution < -0.4 is 5.73 Å². The highest BCUT2D eigenvalue weighted by Crippen LogP contribution is 2.22. The van der Waals surface area contributed by atoms with Gasteiger partial charge in [-0.3, -0.25) is 14.5 Å². The zero-order chi connectivity index (χ0) is 17.5. The number of ether oxygens (including phenoxy) is 1. The van der Waals surface area contributed by atoms with Crippen LogP contribution in [0.25, 0.3) is 0 Å². The van der Waals surface area contributed by atoms with Gasteiger partial charge in [0.2, 0.25) is 0 Å². The molecular formula is C18H22N2O4. The number of esters is 1. The third-order valence-corrected chi connectivity index (χ3v) is 3.74. The third kappa shape index (κ3) is 4.44. The Morgan fingerprint density at radius 3 is 2.25 bits per heavy atom. The Labute approximate surface area is 141 Å². The molecule has 0 aromatic heterocycles. The zero-order valence-electron chi connectivity index (χ0n) is 13.8. The standard InChI is InChI=1S/C18H22N2O4/c1-13(19)12-16(21)24-11-7-3-2-6-10-20-17(22)14-8-4-5-9-15(14)18(20)23/h4-5,8-9,12H,2-3,6-7,10-11,19H2,1H3/b13-12-. The smallest absolute Gasteiger partial charge is 0.332 e. The molecule has 1 aromatic carbocycles. The fourth-order valence-corrected chi connectivity index (χ4v) is 2.57. The number of carbonyl (C=O) groups is 3. The summed E-state index contributed by atoms with van der Waals surface area (Å²) in [5.74, 6) is -0.858. The summed E-state index contributed by atoms with van der Waals surface area (Å²) in [6.45, 7) is 2.39. The highest BCUT2D eigenvalue weighted by Gasteiger charge is 2.34. The lowest BCUT2D eigenvalue weighted by Crippen LogP contribution is -2.30. The molecule has 2 rings (SSSR count). The summed E-state index contributed by atoms with van der Waals surface area (Å²) >= 11 is 0. The van der Waals surface area contributed by atoms with Crippen molar-refractivity contribution in [2.45, 2.75) is 32.6 Å². The van der Waals surface area contributed by atoms with E-state index in [0.29, 0.717) is 30.0 Å². The maximum Gasteiger partial charge on any atom is 0.332 e. The predicted molar refractivity (Wildman–Crippen MR) is 89.2 cm³/mol. The number of imide groups is 1. The van der Waals surface area contributed by atoms with Crippen LogP contribution in [0.1, 0.15) is 53.3 Å². The number of hydrogen-bond donors (Lipinski definition) is 1. The van der Waals surface area contributed by atoms with Crippen LogP contribution in [0.5, 0.6) is 0 Å². The molecule has 1 aromatic rings. The number of nitrogens with zero attached hydrogens (tertiary/aromatic N) is 1. The van der Waals surface area contributed by atoms with Gasteiger partial charge in [0, 0.05) is 18.3 Å². The minimum Gasteiger partial charge on any atom is -0.462 e. The molecule has 6 nitrogen and oxygen atoms in total. The van der Waals surface area contributed by atoms with E-state index in [1.807, 2.05) is 0 Å². The fraction of sp³-hybridized carbons (Fsp3) is 0.389. The Morgan fingerprint density at radius 1 is 1.08 bits per heavy atom. The molecule has 1 aliphatic heterocycles. The van der Waals surface area contributed by atoms with Crippen molar-refractivity contribution in [2.75, 3.05) is 13.2 Å². The second-order valence-corrected chi connectivity index (χ2v) is 5.78. The molecule has 24 heavy (non-hydrogen) atoms. The predicted octanol–water partition coefficient (Wildman–Crippen LogP) is 2.25. The van der Waals surface area contributed by atoms with Crippen molar-refractivity contribution in [3.05, 3.63) is 47.2 Å². The van der Waals surface area contributed by atoms with Crippen LogP contribution in [0.4, 0.5) is 0 Å². The molecule has 2 N–H and O–H groups in total. The molecule has 1 aliphatic rings. The van der Waals surface area contributed by atoms with E-state index in [0.717, 1.165) is 25.7 Å². The van der Waals surface area contributed by atoms with Crippen molar-refractivity contribution < 1.29 is 19.1 Å². The maximum absolute atomic E-state index is 12.2. The first-order valence-electron chi connectivity index (χ1n) is 8.06. The summed E-state index contributed by atoms with van der Waals surface area (Å²) < 4.78 is 5.00. The van der Waals surface area contributed by atoms with Crippen LogP contribution in [0.15, 0.2) is 36.0 Å². The van der Waals surface area contributed by atoms with Gasteiger partial charge in [-0.1, -0.05) is 18.6 Å². The molecule has 0 spiro atoms. The summed E-state index contributed by atoms with van der Waals surface area (Å²) in [6, 6.07) is 6.88. The number of unbranched alkanes of at least 4 members (excludes halogenated alkanes) is 3. The van der Waals surface area contributed by atoms with Gasteiger partial charge in [0.1, 0.15) is 0 Å². The van der Waals surface area contributed by atoms with Crippen molar-refractivity contribution in [3.8, 4) is 0 Å². The Morgan fingerprint density at radius 2 is 1.67 bits per heavy atom. The van der Waals surface area contributed by atoms with Crippen molar-refractivity contribution in [1.82, 2.24) is 4.90 Å². The second kappa shape index (κ2) is 8.29. The molecular weight excluding hydrogens is 308 g/mol. The highest BCUT2D eigenvalue weighted by molar-refractivity contribution is 6.21. The van der Waals surface area contributed by atoms with Crippen molar-refractivity contribution in [1.29, 1.82) is 0 Å². The summed E-state index contributed by atoms with van der Waals surface area (Å²) in [5, 5.41) is 0. The van der Waals surface area contributed by atoms with Gasteiger partial charge in [-0.2, -0.15) is 0 Å². The average Bonchev–Trinajstić information content (AvgIpc) is 2.78. The lowest BCUT2D eigenvalue weighted by molar-refractivity contribution is -0.137. The molecule has 0 bridgehead atoms. The van der Waals surface area contributed by atoms with Gasteiger partial charge in [0.25, 0.3) is 11.8 Å². The van der Waals surface area contributed by atoms with Crippen LogP contribution in [0, 0.1) is 0 Å². The van der Waals surface area contributed by atoms with E-state index >= 15 is 0 Å². The lowest BCUT2D eigenvalue weighted by atomic mass is 10.1. The van der Waals surface area contributed by atoms with E-state index in [1.54, 1.807) is 31.2 Å². The SMILES string of the molecule is C/C(N)=C/C(=O)OCCCCCCN1C(=O)c2ccccc2C1=O. The number of nitrogens with two attached hydrogens (primary N) is 1. The van der Waals surface area contributed by atoms with Crippen molar-refractivity contribution in [2.24, 2.45) is 5.73 Å². The molecule has 1 heterocycles. The highest BCUT2D eigenvalue weighted by atomic mass is 16.5. The summed E-state index contributed by atoms with van der Waals surface area (Å²) in [5.41, 5.74) is 6.76. The molecule has 6 heteroatoms. The number of benzene rings is 1. The Hall–Kier alpha value is -2.63. The first kappa shape index (κ1) is 17.7. The van der Waals surface area contributed by atoms with Crippen LogP contribution in [-0.2, 0) is 9.53 Å². The molecule has 0 fully saturated rings. The number of allylic oxidation sites excluding steroid dienone is 1. The molecule has 0 unspecified atom stereocenters. The summed E-state index contributed by atoms with van der Waals surface area (Å²) in [7, 11) is 0. The van der Waals surface area contributed by atoms with Gasteiger partial charge in [-0.05, 0) is 38.3 Å². The topological polar surface area (TPSA) is 89.7 Å². The number of fused-ring (bicyclic) bond motifs is 1. The van der Waals surface area contributed by atoms with E-state index < -0.39 is 5.97 Å². The fourth-order valence-electron chi connectivity index (χ4n) is 2.57. The summed E-state index contributed by atoms with van der Waals surface area (Å²) in [6.07, 6.45) is 4.45. The molecule has 0 saturated heterocycles. The number of hydrogen-bond acceptors (Lipinski definition) is 5. The number of amides is 2. The number of rotatable bonds is 8. The first-order valence-corrected chi connectivity index (χ1v) is 8.06. The summed E-state index contributed by atoms with van der Waals surface area (Å²) in [4.78, 5) is 36.9. The van der Waals surface area contributed by atoms with Gasteiger partial charge in [-0.15, -0.1) is 0 Å². The minimum absolute atomic E-state index is 0.214. The van der Waals surface area contributed by atoms with Crippen LogP contribution in [0.2, 0.25) is 0 Å². The van der Waals surface area contributed by atoms with Gasteiger partial charge in [0.15, 0.2) is 0 Å². The van der Waals surface area contributed by atoms with E-state index in [-0.39, 0.29) is 11.8 Å². The van der Waals surface area contributed by atoms with Crippen LogP contribution in [-0.4, -0.2) is 35.8 Å². The normalized spacial score (nSPS) is 14.0. The van der Waals surface area contributed by atoms with Crippen LogP contribution >= 0.6 is 0 Å². The van der Waals surface area contributed by atoms with Gasteiger partial charge >= 0.3 is 5.97 Å². The third-order valence-electron chi connectivity index (χ3n) is 3.74.